The van der Waals surface area contributed by atoms with Gasteiger partial charge in [-0.25, -0.2) is 0 Å². The number of aryl methyl sites for hydroxylation is 1. The number of hydrogen-bond donors (Lipinski definition) is 2. The van der Waals surface area contributed by atoms with E-state index in [1.54, 1.807) is 13.3 Å². The van der Waals surface area contributed by atoms with E-state index in [1.807, 2.05) is 36.4 Å². The summed E-state index contributed by atoms with van der Waals surface area (Å²) < 4.78 is 5.17. The lowest BCUT2D eigenvalue weighted by Crippen LogP contribution is -2.24. The molecule has 0 fully saturated rings. The third-order valence-corrected chi connectivity index (χ3v) is 3.52. The maximum atomic E-state index is 5.24. The van der Waals surface area contributed by atoms with E-state index in [0.29, 0.717) is 5.11 Å². The number of benzene rings is 2. The first kappa shape index (κ1) is 16.0. The van der Waals surface area contributed by atoms with Crippen molar-refractivity contribution in [3.05, 3.63) is 59.2 Å². The number of ether oxygens (including phenoxy) is 1. The van der Waals surface area contributed by atoms with Crippen molar-refractivity contribution in [2.24, 2.45) is 5.10 Å². The molecule has 4 nitrogen and oxygen atoms in total. The van der Waals surface area contributed by atoms with Crippen LogP contribution in [0.3, 0.4) is 0 Å². The third kappa shape index (κ3) is 4.30. The maximum Gasteiger partial charge on any atom is 0.191 e. The summed E-state index contributed by atoms with van der Waals surface area (Å²) in [4.78, 5) is 0. The Hall–Kier alpha value is -2.40. The van der Waals surface area contributed by atoms with Gasteiger partial charge >= 0.3 is 0 Å². The van der Waals surface area contributed by atoms with E-state index in [9.17, 15) is 0 Å². The SMILES string of the molecule is COc1cccc(/C=N\NC(=S)Nc2cccc(C)c2C)c1. The van der Waals surface area contributed by atoms with Crippen LogP contribution in [0.4, 0.5) is 5.69 Å². The molecule has 0 unspecified atom stereocenters. The van der Waals surface area contributed by atoms with E-state index in [0.717, 1.165) is 17.0 Å². The molecule has 0 heterocycles. The molecular weight excluding hydrogens is 294 g/mol. The van der Waals surface area contributed by atoms with Crippen LogP contribution in [0.15, 0.2) is 47.6 Å². The molecule has 0 amide bonds. The van der Waals surface area contributed by atoms with Crippen molar-refractivity contribution in [3.63, 3.8) is 0 Å². The fraction of sp³-hybridized carbons (Fsp3) is 0.176. The van der Waals surface area contributed by atoms with E-state index in [1.165, 1.54) is 11.1 Å². The van der Waals surface area contributed by atoms with Gasteiger partial charge in [0.05, 0.1) is 13.3 Å². The zero-order valence-corrected chi connectivity index (χ0v) is 13.7. The highest BCUT2D eigenvalue weighted by molar-refractivity contribution is 7.80. The van der Waals surface area contributed by atoms with E-state index < -0.39 is 0 Å². The van der Waals surface area contributed by atoms with Crippen LogP contribution in [0.5, 0.6) is 5.75 Å². The van der Waals surface area contributed by atoms with Gasteiger partial charge in [0.2, 0.25) is 0 Å². The third-order valence-electron chi connectivity index (χ3n) is 3.33. The molecule has 5 heteroatoms. The zero-order valence-electron chi connectivity index (χ0n) is 12.9. The van der Waals surface area contributed by atoms with Crippen molar-refractivity contribution in [1.82, 2.24) is 5.43 Å². The van der Waals surface area contributed by atoms with Gasteiger partial charge in [-0.3, -0.25) is 5.43 Å². The largest absolute Gasteiger partial charge is 0.497 e. The molecule has 0 saturated heterocycles. The number of methoxy groups -OCH3 is 1. The Morgan fingerprint density at radius 1 is 1.18 bits per heavy atom. The molecule has 22 heavy (non-hydrogen) atoms. The molecular formula is C17H19N3OS. The highest BCUT2D eigenvalue weighted by atomic mass is 32.1. The summed E-state index contributed by atoms with van der Waals surface area (Å²) in [7, 11) is 1.64. The van der Waals surface area contributed by atoms with Gasteiger partial charge < -0.3 is 10.1 Å². The number of rotatable bonds is 4. The summed E-state index contributed by atoms with van der Waals surface area (Å²) in [5, 5.41) is 7.72. The van der Waals surface area contributed by atoms with Gasteiger partial charge in [0.1, 0.15) is 5.75 Å². The van der Waals surface area contributed by atoms with Crippen molar-refractivity contribution in [1.29, 1.82) is 0 Å². The van der Waals surface area contributed by atoms with Gasteiger partial charge in [-0.15, -0.1) is 0 Å². The summed E-state index contributed by atoms with van der Waals surface area (Å²) >= 11 is 5.24. The van der Waals surface area contributed by atoms with Crippen LogP contribution in [0.2, 0.25) is 0 Å². The summed E-state index contributed by atoms with van der Waals surface area (Å²) in [6.07, 6.45) is 1.69. The minimum absolute atomic E-state index is 0.452. The maximum absolute atomic E-state index is 5.24. The van der Waals surface area contributed by atoms with Crippen molar-refractivity contribution >= 4 is 29.2 Å². The highest BCUT2D eigenvalue weighted by Crippen LogP contribution is 2.17. The van der Waals surface area contributed by atoms with Crippen molar-refractivity contribution in [3.8, 4) is 5.75 Å². The second kappa shape index (κ2) is 7.56. The van der Waals surface area contributed by atoms with Crippen LogP contribution in [0.1, 0.15) is 16.7 Å². The van der Waals surface area contributed by atoms with E-state index in [-0.39, 0.29) is 0 Å². The first-order valence-electron chi connectivity index (χ1n) is 6.90. The van der Waals surface area contributed by atoms with Gasteiger partial charge in [0.25, 0.3) is 0 Å². The topological polar surface area (TPSA) is 45.6 Å². The fourth-order valence-electron chi connectivity index (χ4n) is 1.92. The van der Waals surface area contributed by atoms with Gasteiger partial charge in [0, 0.05) is 5.69 Å². The lowest BCUT2D eigenvalue weighted by molar-refractivity contribution is 0.415. The normalized spacial score (nSPS) is 10.5. The van der Waals surface area contributed by atoms with Crippen LogP contribution < -0.4 is 15.5 Å². The molecule has 0 aliphatic heterocycles. The van der Waals surface area contributed by atoms with Gasteiger partial charge in [-0.1, -0.05) is 24.3 Å². The Bertz CT molecular complexity index is 698. The molecule has 0 radical (unpaired) electrons. The molecule has 0 atom stereocenters. The molecule has 114 valence electrons. The standard InChI is InChI=1S/C17H19N3OS/c1-12-6-4-9-16(13(12)2)19-17(22)20-18-11-14-7-5-8-15(10-14)21-3/h4-11H,1-3H3,(H2,19,20,22)/b18-11-. The number of nitrogens with one attached hydrogen (secondary N) is 2. The van der Waals surface area contributed by atoms with Crippen LogP contribution in [-0.2, 0) is 0 Å². The number of hydrazone groups is 1. The van der Waals surface area contributed by atoms with E-state index in [4.69, 9.17) is 17.0 Å². The molecule has 2 aromatic rings. The van der Waals surface area contributed by atoms with Gasteiger partial charge in [-0.2, -0.15) is 5.10 Å². The van der Waals surface area contributed by atoms with E-state index >= 15 is 0 Å². The molecule has 0 spiro atoms. The lowest BCUT2D eigenvalue weighted by atomic mass is 10.1. The minimum Gasteiger partial charge on any atom is -0.497 e. The molecule has 0 saturated carbocycles. The Labute approximate surface area is 136 Å². The summed E-state index contributed by atoms with van der Waals surface area (Å²) in [6.45, 7) is 4.12. The molecule has 0 aliphatic carbocycles. The molecule has 0 aliphatic rings. The second-order valence-electron chi connectivity index (χ2n) is 4.85. The van der Waals surface area contributed by atoms with Gasteiger partial charge in [-0.05, 0) is 61.0 Å². The van der Waals surface area contributed by atoms with E-state index in [2.05, 4.69) is 35.8 Å². The molecule has 2 rings (SSSR count). The van der Waals surface area contributed by atoms with Crippen molar-refractivity contribution < 1.29 is 4.74 Å². The average molecular weight is 313 g/mol. The van der Waals surface area contributed by atoms with Crippen molar-refractivity contribution in [2.45, 2.75) is 13.8 Å². The van der Waals surface area contributed by atoms with Crippen molar-refractivity contribution in [2.75, 3.05) is 12.4 Å². The summed E-state index contributed by atoms with van der Waals surface area (Å²) in [6, 6.07) is 13.7. The highest BCUT2D eigenvalue weighted by Gasteiger charge is 2.01. The predicted octanol–water partition coefficient (Wildman–Crippen LogP) is 3.63. The molecule has 0 bridgehead atoms. The quantitative estimate of drug-likeness (QED) is 0.514. The Balaban J connectivity index is 1.95. The monoisotopic (exact) mass is 313 g/mol. The Kier molecular flexibility index (Phi) is 5.49. The summed E-state index contributed by atoms with van der Waals surface area (Å²) in [5.74, 6) is 0.792. The van der Waals surface area contributed by atoms with Crippen LogP contribution >= 0.6 is 12.2 Å². The lowest BCUT2D eigenvalue weighted by Gasteiger charge is -2.11. The predicted molar refractivity (Wildman–Crippen MR) is 95.9 cm³/mol. The Morgan fingerprint density at radius 2 is 1.95 bits per heavy atom. The average Bonchev–Trinajstić information content (AvgIpc) is 2.52. The number of hydrogen-bond acceptors (Lipinski definition) is 3. The van der Waals surface area contributed by atoms with Crippen LogP contribution in [0.25, 0.3) is 0 Å². The number of nitrogens with zero attached hydrogens (tertiary/aromatic N) is 1. The zero-order chi connectivity index (χ0) is 15.9. The van der Waals surface area contributed by atoms with Gasteiger partial charge in [0.15, 0.2) is 5.11 Å². The molecule has 0 aromatic heterocycles. The first-order chi connectivity index (χ1) is 10.6. The molecule has 2 N–H and O–H groups in total. The van der Waals surface area contributed by atoms with Crippen LogP contribution in [-0.4, -0.2) is 18.4 Å². The Morgan fingerprint density at radius 3 is 2.73 bits per heavy atom. The number of anilines is 1. The first-order valence-corrected chi connectivity index (χ1v) is 7.31. The minimum atomic E-state index is 0.452. The smallest absolute Gasteiger partial charge is 0.191 e. The number of thiocarbonyl (C=S) groups is 1. The fourth-order valence-corrected chi connectivity index (χ4v) is 2.09. The summed E-state index contributed by atoms with van der Waals surface area (Å²) in [5.41, 5.74) is 7.11. The van der Waals surface area contributed by atoms with Crippen LogP contribution in [0, 0.1) is 13.8 Å². The molecule has 2 aromatic carbocycles. The second-order valence-corrected chi connectivity index (χ2v) is 5.26.